The Balaban J connectivity index is 2.19. The Kier molecular flexibility index (Phi) is 5.61. The standard InChI is InChI=1S/C18H20BrNO2/c1-4-8-22-16-7-5-6-14(11-16)18(21)20-17-12(2)9-15(19)10-13(17)3/h5-7,9-11H,4,8H2,1-3H3,(H,20,21). The molecule has 116 valence electrons. The summed E-state index contributed by atoms with van der Waals surface area (Å²) in [5.41, 5.74) is 3.50. The van der Waals surface area contributed by atoms with Crippen LogP contribution in [0.15, 0.2) is 40.9 Å². The molecule has 0 saturated carbocycles. The maximum atomic E-state index is 12.5. The van der Waals surface area contributed by atoms with E-state index in [0.29, 0.717) is 12.2 Å². The second-order valence-corrected chi connectivity index (χ2v) is 6.16. The van der Waals surface area contributed by atoms with Gasteiger partial charge >= 0.3 is 0 Å². The van der Waals surface area contributed by atoms with Crippen molar-refractivity contribution in [1.82, 2.24) is 0 Å². The molecule has 0 aliphatic rings. The fourth-order valence-corrected chi connectivity index (χ4v) is 2.93. The summed E-state index contributed by atoms with van der Waals surface area (Å²) in [6, 6.07) is 11.2. The van der Waals surface area contributed by atoms with Gasteiger partial charge in [0.15, 0.2) is 0 Å². The van der Waals surface area contributed by atoms with Gasteiger partial charge in [-0.2, -0.15) is 0 Å². The summed E-state index contributed by atoms with van der Waals surface area (Å²) in [7, 11) is 0. The third-order valence-corrected chi connectivity index (χ3v) is 3.76. The Morgan fingerprint density at radius 2 is 1.86 bits per heavy atom. The summed E-state index contributed by atoms with van der Waals surface area (Å²) in [6.07, 6.45) is 0.938. The fourth-order valence-electron chi connectivity index (χ4n) is 2.24. The van der Waals surface area contributed by atoms with Crippen LogP contribution in [-0.2, 0) is 0 Å². The molecular formula is C18H20BrNO2. The Bertz CT molecular complexity index is 660. The minimum Gasteiger partial charge on any atom is -0.494 e. The molecule has 0 spiro atoms. The average Bonchev–Trinajstić information content (AvgIpc) is 2.49. The maximum absolute atomic E-state index is 12.5. The monoisotopic (exact) mass is 361 g/mol. The topological polar surface area (TPSA) is 38.3 Å². The smallest absolute Gasteiger partial charge is 0.255 e. The lowest BCUT2D eigenvalue weighted by Gasteiger charge is -2.13. The molecular weight excluding hydrogens is 342 g/mol. The third kappa shape index (κ3) is 4.10. The van der Waals surface area contributed by atoms with E-state index in [1.165, 1.54) is 0 Å². The number of ether oxygens (including phenoxy) is 1. The number of hydrogen-bond acceptors (Lipinski definition) is 2. The summed E-state index contributed by atoms with van der Waals surface area (Å²) in [5, 5.41) is 2.99. The number of halogens is 1. The van der Waals surface area contributed by atoms with E-state index in [2.05, 4.69) is 28.2 Å². The molecule has 0 aliphatic carbocycles. The number of amides is 1. The number of anilines is 1. The molecule has 22 heavy (non-hydrogen) atoms. The molecule has 0 heterocycles. The molecule has 1 amide bonds. The van der Waals surface area contributed by atoms with Crippen LogP contribution in [0.4, 0.5) is 5.69 Å². The Morgan fingerprint density at radius 1 is 1.18 bits per heavy atom. The molecule has 0 radical (unpaired) electrons. The van der Waals surface area contributed by atoms with Gasteiger partial charge in [0, 0.05) is 15.7 Å². The second kappa shape index (κ2) is 7.45. The number of rotatable bonds is 5. The molecule has 0 saturated heterocycles. The molecule has 1 N–H and O–H groups in total. The first-order valence-electron chi connectivity index (χ1n) is 7.32. The fraction of sp³-hybridized carbons (Fsp3) is 0.278. The zero-order valence-corrected chi connectivity index (χ0v) is 14.7. The number of hydrogen-bond donors (Lipinski definition) is 1. The van der Waals surface area contributed by atoms with Gasteiger partial charge < -0.3 is 10.1 Å². The van der Waals surface area contributed by atoms with Crippen molar-refractivity contribution in [3.05, 3.63) is 57.6 Å². The van der Waals surface area contributed by atoms with Crippen molar-refractivity contribution < 1.29 is 9.53 Å². The molecule has 4 heteroatoms. The first-order chi connectivity index (χ1) is 10.5. The molecule has 2 rings (SSSR count). The predicted octanol–water partition coefficient (Wildman–Crippen LogP) is 5.11. The van der Waals surface area contributed by atoms with E-state index in [-0.39, 0.29) is 5.91 Å². The number of nitrogens with one attached hydrogen (secondary N) is 1. The summed E-state index contributed by atoms with van der Waals surface area (Å²) in [5.74, 6) is 0.592. The first-order valence-corrected chi connectivity index (χ1v) is 8.11. The molecule has 2 aromatic carbocycles. The third-order valence-electron chi connectivity index (χ3n) is 3.31. The molecule has 0 aliphatic heterocycles. The first kappa shape index (κ1) is 16.6. The largest absolute Gasteiger partial charge is 0.494 e. The Hall–Kier alpha value is -1.81. The predicted molar refractivity (Wildman–Crippen MR) is 93.8 cm³/mol. The van der Waals surface area contributed by atoms with E-state index < -0.39 is 0 Å². The SMILES string of the molecule is CCCOc1cccc(C(=O)Nc2c(C)cc(Br)cc2C)c1. The summed E-state index contributed by atoms with van der Waals surface area (Å²) < 4.78 is 6.58. The van der Waals surface area contributed by atoms with Gasteiger partial charge in [0.25, 0.3) is 5.91 Å². The zero-order valence-electron chi connectivity index (χ0n) is 13.1. The van der Waals surface area contributed by atoms with Crippen molar-refractivity contribution >= 4 is 27.5 Å². The van der Waals surface area contributed by atoms with Crippen LogP contribution in [0.2, 0.25) is 0 Å². The van der Waals surface area contributed by atoms with Crippen molar-refractivity contribution in [3.8, 4) is 5.75 Å². The van der Waals surface area contributed by atoms with Crippen molar-refractivity contribution in [2.24, 2.45) is 0 Å². The van der Waals surface area contributed by atoms with Gasteiger partial charge in [-0.1, -0.05) is 28.9 Å². The van der Waals surface area contributed by atoms with Crippen molar-refractivity contribution in [2.75, 3.05) is 11.9 Å². The molecule has 3 nitrogen and oxygen atoms in total. The van der Waals surface area contributed by atoms with E-state index in [9.17, 15) is 4.79 Å². The zero-order chi connectivity index (χ0) is 16.1. The minimum atomic E-state index is -0.129. The van der Waals surface area contributed by atoms with Gasteiger partial charge in [-0.3, -0.25) is 4.79 Å². The van der Waals surface area contributed by atoms with Crippen molar-refractivity contribution in [2.45, 2.75) is 27.2 Å². The second-order valence-electron chi connectivity index (χ2n) is 5.25. The van der Waals surface area contributed by atoms with Gasteiger partial charge in [-0.05, 0) is 61.7 Å². The maximum Gasteiger partial charge on any atom is 0.255 e. The number of aryl methyl sites for hydroxylation is 2. The van der Waals surface area contributed by atoms with E-state index in [1.54, 1.807) is 12.1 Å². The molecule has 0 fully saturated rings. The molecule has 2 aromatic rings. The van der Waals surface area contributed by atoms with Crippen molar-refractivity contribution in [3.63, 3.8) is 0 Å². The van der Waals surface area contributed by atoms with Crippen molar-refractivity contribution in [1.29, 1.82) is 0 Å². The summed E-state index contributed by atoms with van der Waals surface area (Å²) in [6.45, 7) is 6.66. The molecule has 0 unspecified atom stereocenters. The van der Waals surface area contributed by atoms with Gasteiger partial charge in [-0.25, -0.2) is 0 Å². The summed E-state index contributed by atoms with van der Waals surface area (Å²) in [4.78, 5) is 12.5. The highest BCUT2D eigenvalue weighted by Crippen LogP contribution is 2.26. The van der Waals surface area contributed by atoms with Gasteiger partial charge in [0.05, 0.1) is 6.61 Å². The van der Waals surface area contributed by atoms with E-state index in [0.717, 1.165) is 33.5 Å². The highest BCUT2D eigenvalue weighted by atomic mass is 79.9. The van der Waals surface area contributed by atoms with Gasteiger partial charge in [-0.15, -0.1) is 0 Å². The molecule has 0 bridgehead atoms. The van der Waals surface area contributed by atoms with E-state index >= 15 is 0 Å². The lowest BCUT2D eigenvalue weighted by Crippen LogP contribution is -2.14. The van der Waals surface area contributed by atoms with Crippen LogP contribution < -0.4 is 10.1 Å². The van der Waals surface area contributed by atoms with Gasteiger partial charge in [0.1, 0.15) is 5.75 Å². The normalized spacial score (nSPS) is 10.4. The van der Waals surface area contributed by atoms with E-state index in [1.807, 2.05) is 38.1 Å². The molecule has 0 aromatic heterocycles. The van der Waals surface area contributed by atoms with Crippen LogP contribution in [0.5, 0.6) is 5.75 Å². The highest BCUT2D eigenvalue weighted by molar-refractivity contribution is 9.10. The highest BCUT2D eigenvalue weighted by Gasteiger charge is 2.11. The quantitative estimate of drug-likeness (QED) is 0.803. The lowest BCUT2D eigenvalue weighted by atomic mass is 10.1. The van der Waals surface area contributed by atoms with Crippen LogP contribution >= 0.6 is 15.9 Å². The summed E-state index contributed by atoms with van der Waals surface area (Å²) >= 11 is 3.46. The van der Waals surface area contributed by atoms with Crippen LogP contribution in [0.1, 0.15) is 34.8 Å². The average molecular weight is 362 g/mol. The number of benzene rings is 2. The van der Waals surface area contributed by atoms with Crippen LogP contribution in [-0.4, -0.2) is 12.5 Å². The minimum absolute atomic E-state index is 0.129. The Labute approximate surface area is 139 Å². The molecule has 0 atom stereocenters. The van der Waals surface area contributed by atoms with E-state index in [4.69, 9.17) is 4.74 Å². The van der Waals surface area contributed by atoms with Crippen LogP contribution in [0.25, 0.3) is 0 Å². The Morgan fingerprint density at radius 3 is 2.50 bits per heavy atom. The lowest BCUT2D eigenvalue weighted by molar-refractivity contribution is 0.102. The number of carbonyl (C=O) groups is 1. The number of carbonyl (C=O) groups excluding carboxylic acids is 1. The van der Waals surface area contributed by atoms with Crippen LogP contribution in [0.3, 0.4) is 0 Å². The van der Waals surface area contributed by atoms with Crippen LogP contribution in [0, 0.1) is 13.8 Å². The van der Waals surface area contributed by atoms with Gasteiger partial charge in [0.2, 0.25) is 0 Å².